The molecule has 4 heteroatoms. The first-order valence-corrected chi connectivity index (χ1v) is 6.81. The standard InChI is InChI=1S/C17H16FN3/c1-19-17(13-7-9-14(18)10-8-13)16-11-12-21(20-16)15-5-3-2-4-6-15/h2-12,17,19H,1H3. The zero-order valence-electron chi connectivity index (χ0n) is 11.7. The van der Waals surface area contributed by atoms with Gasteiger partial charge < -0.3 is 5.32 Å². The molecule has 3 rings (SSSR count). The van der Waals surface area contributed by atoms with Gasteiger partial charge in [-0.2, -0.15) is 5.10 Å². The summed E-state index contributed by atoms with van der Waals surface area (Å²) in [5.74, 6) is -0.233. The number of hydrogen-bond donors (Lipinski definition) is 1. The average molecular weight is 281 g/mol. The Hall–Kier alpha value is -2.46. The van der Waals surface area contributed by atoms with Gasteiger partial charge >= 0.3 is 0 Å². The highest BCUT2D eigenvalue weighted by molar-refractivity contribution is 5.33. The van der Waals surface area contributed by atoms with Gasteiger partial charge in [-0.25, -0.2) is 9.07 Å². The predicted molar refractivity (Wildman–Crippen MR) is 80.9 cm³/mol. The molecule has 0 aliphatic rings. The van der Waals surface area contributed by atoms with E-state index in [1.54, 1.807) is 12.1 Å². The SMILES string of the molecule is CNC(c1ccc(F)cc1)c1ccn(-c2ccccc2)n1. The molecule has 0 spiro atoms. The summed E-state index contributed by atoms with van der Waals surface area (Å²) in [4.78, 5) is 0. The van der Waals surface area contributed by atoms with E-state index in [0.717, 1.165) is 16.9 Å². The van der Waals surface area contributed by atoms with Gasteiger partial charge in [-0.1, -0.05) is 30.3 Å². The number of para-hydroxylation sites is 1. The van der Waals surface area contributed by atoms with Crippen molar-refractivity contribution in [3.8, 4) is 5.69 Å². The highest BCUT2D eigenvalue weighted by atomic mass is 19.1. The van der Waals surface area contributed by atoms with Crippen LogP contribution in [0.3, 0.4) is 0 Å². The molecule has 1 unspecified atom stereocenters. The summed E-state index contributed by atoms with van der Waals surface area (Å²) in [6.07, 6.45) is 1.93. The van der Waals surface area contributed by atoms with Crippen LogP contribution in [0.5, 0.6) is 0 Å². The molecule has 0 fully saturated rings. The molecule has 0 radical (unpaired) electrons. The molecule has 2 aromatic carbocycles. The second kappa shape index (κ2) is 5.89. The fraction of sp³-hybridized carbons (Fsp3) is 0.118. The first kappa shape index (κ1) is 13.5. The Bertz CT molecular complexity index is 704. The Morgan fingerprint density at radius 1 is 1.00 bits per heavy atom. The third kappa shape index (κ3) is 2.85. The fourth-order valence-electron chi connectivity index (χ4n) is 2.36. The van der Waals surface area contributed by atoms with Crippen LogP contribution in [0.4, 0.5) is 4.39 Å². The molecule has 3 aromatic rings. The van der Waals surface area contributed by atoms with Crippen molar-refractivity contribution in [1.82, 2.24) is 15.1 Å². The molecule has 3 nitrogen and oxygen atoms in total. The summed E-state index contributed by atoms with van der Waals surface area (Å²) in [7, 11) is 1.87. The van der Waals surface area contributed by atoms with E-state index >= 15 is 0 Å². The van der Waals surface area contributed by atoms with E-state index in [4.69, 9.17) is 0 Å². The molecule has 1 N–H and O–H groups in total. The molecule has 0 saturated carbocycles. The van der Waals surface area contributed by atoms with Crippen molar-refractivity contribution in [1.29, 1.82) is 0 Å². The quantitative estimate of drug-likeness (QED) is 0.795. The van der Waals surface area contributed by atoms with E-state index in [1.165, 1.54) is 12.1 Å². The van der Waals surface area contributed by atoms with Crippen LogP contribution >= 0.6 is 0 Å². The Labute approximate surface area is 123 Å². The van der Waals surface area contributed by atoms with Crippen LogP contribution in [0, 0.1) is 5.82 Å². The van der Waals surface area contributed by atoms with Crippen LogP contribution in [0.1, 0.15) is 17.3 Å². The molecule has 0 saturated heterocycles. The number of benzene rings is 2. The Balaban J connectivity index is 1.92. The monoisotopic (exact) mass is 281 g/mol. The lowest BCUT2D eigenvalue weighted by atomic mass is 10.0. The lowest BCUT2D eigenvalue weighted by molar-refractivity contribution is 0.620. The summed E-state index contributed by atoms with van der Waals surface area (Å²) in [5, 5.41) is 7.83. The highest BCUT2D eigenvalue weighted by Gasteiger charge is 2.15. The van der Waals surface area contributed by atoms with Crippen LogP contribution in [0.15, 0.2) is 66.9 Å². The lowest BCUT2D eigenvalue weighted by Crippen LogP contribution is -2.18. The van der Waals surface area contributed by atoms with Gasteiger partial charge in [-0.15, -0.1) is 0 Å². The molecule has 1 atom stereocenters. The van der Waals surface area contributed by atoms with E-state index in [2.05, 4.69) is 10.4 Å². The molecule has 0 bridgehead atoms. The summed E-state index contributed by atoms with van der Waals surface area (Å²) >= 11 is 0. The van der Waals surface area contributed by atoms with E-state index in [-0.39, 0.29) is 11.9 Å². The zero-order chi connectivity index (χ0) is 14.7. The maximum Gasteiger partial charge on any atom is 0.123 e. The van der Waals surface area contributed by atoms with Crippen LogP contribution in [0.2, 0.25) is 0 Å². The minimum atomic E-state index is -0.233. The van der Waals surface area contributed by atoms with Gasteiger partial charge in [0.25, 0.3) is 0 Å². The third-order valence-electron chi connectivity index (χ3n) is 3.42. The van der Waals surface area contributed by atoms with E-state index in [0.29, 0.717) is 0 Å². The Morgan fingerprint density at radius 2 is 1.71 bits per heavy atom. The fourth-order valence-corrected chi connectivity index (χ4v) is 2.36. The molecular formula is C17H16FN3. The molecule has 0 amide bonds. The van der Waals surface area contributed by atoms with Crippen molar-refractivity contribution >= 4 is 0 Å². The maximum absolute atomic E-state index is 13.0. The second-order valence-electron chi connectivity index (χ2n) is 4.79. The van der Waals surface area contributed by atoms with Crippen LogP contribution in [-0.4, -0.2) is 16.8 Å². The summed E-state index contributed by atoms with van der Waals surface area (Å²) in [5.41, 5.74) is 2.89. The Kier molecular flexibility index (Phi) is 3.79. The zero-order valence-corrected chi connectivity index (χ0v) is 11.7. The van der Waals surface area contributed by atoms with Gasteiger partial charge in [0.2, 0.25) is 0 Å². The number of nitrogens with one attached hydrogen (secondary N) is 1. The van der Waals surface area contributed by atoms with Gasteiger partial charge in [-0.3, -0.25) is 0 Å². The summed E-state index contributed by atoms with van der Waals surface area (Å²) in [6, 6.07) is 18.3. The third-order valence-corrected chi connectivity index (χ3v) is 3.42. The van der Waals surface area contributed by atoms with Gasteiger partial charge in [0.15, 0.2) is 0 Å². The van der Waals surface area contributed by atoms with Gasteiger partial charge in [-0.05, 0) is 42.9 Å². The Morgan fingerprint density at radius 3 is 2.38 bits per heavy atom. The number of nitrogens with zero attached hydrogens (tertiary/aromatic N) is 2. The molecule has 0 aliphatic carbocycles. The minimum Gasteiger partial charge on any atom is -0.308 e. The molecule has 1 heterocycles. The first-order valence-electron chi connectivity index (χ1n) is 6.81. The van der Waals surface area contributed by atoms with Crippen molar-refractivity contribution in [2.45, 2.75) is 6.04 Å². The van der Waals surface area contributed by atoms with Crippen LogP contribution < -0.4 is 5.32 Å². The number of hydrogen-bond acceptors (Lipinski definition) is 2. The molecule has 21 heavy (non-hydrogen) atoms. The summed E-state index contributed by atoms with van der Waals surface area (Å²) in [6.45, 7) is 0. The van der Waals surface area contributed by atoms with Crippen molar-refractivity contribution in [2.75, 3.05) is 7.05 Å². The van der Waals surface area contributed by atoms with Crippen LogP contribution in [-0.2, 0) is 0 Å². The van der Waals surface area contributed by atoms with E-state index < -0.39 is 0 Å². The normalized spacial score (nSPS) is 12.3. The number of aromatic nitrogens is 2. The summed E-state index contributed by atoms with van der Waals surface area (Å²) < 4.78 is 14.9. The molecular weight excluding hydrogens is 265 g/mol. The van der Waals surface area contributed by atoms with E-state index in [1.807, 2.05) is 54.3 Å². The largest absolute Gasteiger partial charge is 0.308 e. The van der Waals surface area contributed by atoms with Crippen LogP contribution in [0.25, 0.3) is 5.69 Å². The maximum atomic E-state index is 13.0. The lowest BCUT2D eigenvalue weighted by Gasteiger charge is -2.14. The van der Waals surface area contributed by atoms with E-state index in [9.17, 15) is 4.39 Å². The van der Waals surface area contributed by atoms with Gasteiger partial charge in [0, 0.05) is 6.20 Å². The van der Waals surface area contributed by atoms with Gasteiger partial charge in [0.05, 0.1) is 17.4 Å². The van der Waals surface area contributed by atoms with Crippen molar-refractivity contribution < 1.29 is 4.39 Å². The van der Waals surface area contributed by atoms with Crippen molar-refractivity contribution in [3.63, 3.8) is 0 Å². The molecule has 0 aliphatic heterocycles. The minimum absolute atomic E-state index is 0.0597. The van der Waals surface area contributed by atoms with Crippen molar-refractivity contribution in [2.24, 2.45) is 0 Å². The second-order valence-corrected chi connectivity index (χ2v) is 4.79. The average Bonchev–Trinajstić information content (AvgIpc) is 3.00. The first-order chi connectivity index (χ1) is 10.3. The topological polar surface area (TPSA) is 29.9 Å². The number of rotatable bonds is 4. The number of halogens is 1. The molecule has 106 valence electrons. The highest BCUT2D eigenvalue weighted by Crippen LogP contribution is 2.21. The molecule has 1 aromatic heterocycles. The van der Waals surface area contributed by atoms with Crippen molar-refractivity contribution in [3.05, 3.63) is 83.9 Å². The smallest absolute Gasteiger partial charge is 0.123 e. The predicted octanol–water partition coefficient (Wildman–Crippen LogP) is 3.32. The van der Waals surface area contributed by atoms with Gasteiger partial charge in [0.1, 0.15) is 5.82 Å².